The SMILES string of the molecule is C[C@@H](Nc1nc(-c2noc(=O)[nH]2)nc2nc(NCc3cscn3)n(C[C@H]3CC[C@H](C)CC3)c12)C1CCC1. The van der Waals surface area contributed by atoms with Crippen LogP contribution in [0.15, 0.2) is 20.2 Å². The first kappa shape index (κ1) is 24.1. The van der Waals surface area contributed by atoms with Crippen LogP contribution in [0.5, 0.6) is 0 Å². The lowest BCUT2D eigenvalue weighted by Crippen LogP contribution is -2.31. The highest BCUT2D eigenvalue weighted by atomic mass is 32.1. The number of anilines is 2. The molecule has 0 saturated heterocycles. The Morgan fingerprint density at radius 2 is 2.03 bits per heavy atom. The third-order valence-corrected chi connectivity index (χ3v) is 8.60. The molecule has 12 heteroatoms. The summed E-state index contributed by atoms with van der Waals surface area (Å²) < 4.78 is 6.97. The lowest BCUT2D eigenvalue weighted by atomic mass is 9.80. The van der Waals surface area contributed by atoms with Crippen molar-refractivity contribution in [3.63, 3.8) is 0 Å². The van der Waals surface area contributed by atoms with Gasteiger partial charge in [0.15, 0.2) is 11.5 Å². The summed E-state index contributed by atoms with van der Waals surface area (Å²) in [6.07, 6.45) is 8.60. The maximum absolute atomic E-state index is 11.6. The highest BCUT2D eigenvalue weighted by Gasteiger charge is 2.28. The van der Waals surface area contributed by atoms with E-state index in [4.69, 9.17) is 19.5 Å². The van der Waals surface area contributed by atoms with Crippen molar-refractivity contribution in [2.45, 2.75) is 77.9 Å². The Kier molecular flexibility index (Phi) is 6.66. The van der Waals surface area contributed by atoms with Crippen molar-refractivity contribution in [2.75, 3.05) is 10.6 Å². The first-order chi connectivity index (χ1) is 18.0. The van der Waals surface area contributed by atoms with Gasteiger partial charge in [0.2, 0.25) is 17.6 Å². The number of aromatic amines is 1. The van der Waals surface area contributed by atoms with E-state index in [1.54, 1.807) is 11.3 Å². The second-order valence-corrected chi connectivity index (χ2v) is 11.4. The van der Waals surface area contributed by atoms with Crippen molar-refractivity contribution in [3.05, 3.63) is 27.1 Å². The molecule has 1 atom stereocenters. The van der Waals surface area contributed by atoms with E-state index in [9.17, 15) is 4.79 Å². The Hall–Kier alpha value is -3.28. The van der Waals surface area contributed by atoms with E-state index >= 15 is 0 Å². The molecule has 0 amide bonds. The number of hydrogen-bond acceptors (Lipinski definition) is 10. The highest BCUT2D eigenvalue weighted by molar-refractivity contribution is 7.07. The molecule has 196 valence electrons. The Labute approximate surface area is 218 Å². The third-order valence-electron chi connectivity index (χ3n) is 7.96. The molecule has 4 aromatic heterocycles. The molecule has 6 rings (SSSR count). The molecule has 4 aromatic rings. The van der Waals surface area contributed by atoms with Crippen LogP contribution in [0.3, 0.4) is 0 Å². The molecule has 37 heavy (non-hydrogen) atoms. The van der Waals surface area contributed by atoms with E-state index in [-0.39, 0.29) is 17.7 Å². The lowest BCUT2D eigenvalue weighted by molar-refractivity contribution is 0.267. The number of thiazole rings is 1. The van der Waals surface area contributed by atoms with Crippen molar-refractivity contribution in [1.29, 1.82) is 0 Å². The van der Waals surface area contributed by atoms with Gasteiger partial charge >= 0.3 is 5.76 Å². The van der Waals surface area contributed by atoms with Crippen molar-refractivity contribution in [2.24, 2.45) is 17.8 Å². The first-order valence-electron chi connectivity index (χ1n) is 13.3. The summed E-state index contributed by atoms with van der Waals surface area (Å²) in [7, 11) is 0. The first-order valence-corrected chi connectivity index (χ1v) is 14.2. The number of fused-ring (bicyclic) bond motifs is 1. The number of imidazole rings is 1. The summed E-state index contributed by atoms with van der Waals surface area (Å²) in [6, 6.07) is 0.251. The van der Waals surface area contributed by atoms with E-state index in [0.29, 0.717) is 29.8 Å². The molecule has 0 aliphatic heterocycles. The lowest BCUT2D eigenvalue weighted by Gasteiger charge is -2.32. The number of aromatic nitrogens is 7. The van der Waals surface area contributed by atoms with Gasteiger partial charge in [-0.05, 0) is 50.4 Å². The van der Waals surface area contributed by atoms with Gasteiger partial charge in [0, 0.05) is 18.0 Å². The minimum Gasteiger partial charge on any atom is -0.365 e. The zero-order valence-corrected chi connectivity index (χ0v) is 22.1. The molecule has 0 spiro atoms. The topological polar surface area (TPSA) is 139 Å². The van der Waals surface area contributed by atoms with Crippen molar-refractivity contribution >= 4 is 34.3 Å². The molecule has 2 fully saturated rings. The Bertz CT molecular complexity index is 1400. The summed E-state index contributed by atoms with van der Waals surface area (Å²) in [5, 5.41) is 13.0. The van der Waals surface area contributed by atoms with Gasteiger partial charge in [-0.15, -0.1) is 11.3 Å². The number of nitrogens with one attached hydrogen (secondary N) is 3. The van der Waals surface area contributed by atoms with Crippen molar-refractivity contribution in [1.82, 2.24) is 34.6 Å². The smallest absolute Gasteiger partial charge is 0.365 e. The summed E-state index contributed by atoms with van der Waals surface area (Å²) in [5.74, 6) is 3.26. The summed E-state index contributed by atoms with van der Waals surface area (Å²) in [4.78, 5) is 33.1. The van der Waals surface area contributed by atoms with Gasteiger partial charge in [-0.25, -0.2) is 19.7 Å². The average Bonchev–Trinajstić information content (AvgIpc) is 3.58. The largest absolute Gasteiger partial charge is 0.439 e. The molecule has 0 bridgehead atoms. The van der Waals surface area contributed by atoms with Crippen LogP contribution in [-0.4, -0.2) is 40.7 Å². The number of H-pyrrole nitrogens is 1. The Morgan fingerprint density at radius 1 is 1.19 bits per heavy atom. The number of hydrogen-bond donors (Lipinski definition) is 3. The van der Waals surface area contributed by atoms with Crippen LogP contribution in [0.25, 0.3) is 22.8 Å². The predicted molar refractivity (Wildman–Crippen MR) is 142 cm³/mol. The fraction of sp³-hybridized carbons (Fsp3) is 0.600. The van der Waals surface area contributed by atoms with Gasteiger partial charge in [0.05, 0.1) is 17.7 Å². The molecule has 0 aromatic carbocycles. The summed E-state index contributed by atoms with van der Waals surface area (Å²) in [6.45, 7) is 5.97. The molecule has 2 aliphatic rings. The van der Waals surface area contributed by atoms with E-state index in [0.717, 1.165) is 29.6 Å². The number of rotatable bonds is 9. The minimum atomic E-state index is -0.640. The van der Waals surface area contributed by atoms with E-state index in [1.807, 2.05) is 10.9 Å². The monoisotopic (exact) mass is 523 g/mol. The second kappa shape index (κ2) is 10.2. The van der Waals surface area contributed by atoms with Crippen LogP contribution in [0.1, 0.15) is 64.5 Å². The molecule has 2 aliphatic carbocycles. The summed E-state index contributed by atoms with van der Waals surface area (Å²) in [5.41, 5.74) is 4.24. The predicted octanol–water partition coefficient (Wildman–Crippen LogP) is 4.67. The van der Waals surface area contributed by atoms with Gasteiger partial charge in [-0.3, -0.25) is 9.51 Å². The molecule has 0 radical (unpaired) electrons. The minimum absolute atomic E-state index is 0.194. The van der Waals surface area contributed by atoms with Crippen LogP contribution >= 0.6 is 11.3 Å². The van der Waals surface area contributed by atoms with E-state index in [2.05, 4.69) is 44.2 Å². The quantitative estimate of drug-likeness (QED) is 0.286. The zero-order chi connectivity index (χ0) is 25.4. The van der Waals surface area contributed by atoms with E-state index < -0.39 is 5.76 Å². The van der Waals surface area contributed by atoms with Crippen LogP contribution in [0.2, 0.25) is 0 Å². The van der Waals surface area contributed by atoms with Gasteiger partial charge in [0.1, 0.15) is 5.52 Å². The maximum atomic E-state index is 11.6. The van der Waals surface area contributed by atoms with Crippen LogP contribution in [0.4, 0.5) is 11.8 Å². The van der Waals surface area contributed by atoms with Crippen molar-refractivity contribution < 1.29 is 4.52 Å². The standard InChI is InChI=1S/C25H33N9O2S/c1-14-6-8-16(9-7-14)11-34-19-20(28-15(2)17-4-3-5-17)29-22(23-32-25(35)36-33-23)30-21(19)31-24(34)26-10-18-12-37-13-27-18/h12-17H,3-11H2,1-2H3,(H,32,33,35)(H2,26,28,29,30,31)/t14-,15-,16-/m1/s1. The second-order valence-electron chi connectivity index (χ2n) is 10.6. The molecule has 2 saturated carbocycles. The maximum Gasteiger partial charge on any atom is 0.439 e. The third kappa shape index (κ3) is 5.11. The average molecular weight is 524 g/mol. The molecule has 0 unspecified atom stereocenters. The number of nitrogens with zero attached hydrogens (tertiary/aromatic N) is 6. The van der Waals surface area contributed by atoms with E-state index in [1.165, 1.54) is 44.9 Å². The van der Waals surface area contributed by atoms with Gasteiger partial charge in [-0.1, -0.05) is 31.3 Å². The van der Waals surface area contributed by atoms with Crippen LogP contribution in [0, 0.1) is 17.8 Å². The summed E-state index contributed by atoms with van der Waals surface area (Å²) >= 11 is 1.58. The normalized spacial score (nSPS) is 21.1. The Balaban J connectivity index is 1.43. The molecular formula is C25H33N9O2S. The fourth-order valence-corrected chi connectivity index (χ4v) is 5.98. The molecule has 11 nitrogen and oxygen atoms in total. The van der Waals surface area contributed by atoms with Gasteiger partial charge in [0.25, 0.3) is 0 Å². The Morgan fingerprint density at radius 3 is 2.70 bits per heavy atom. The molecular weight excluding hydrogens is 490 g/mol. The van der Waals surface area contributed by atoms with Crippen LogP contribution < -0.4 is 16.4 Å². The fourth-order valence-electron chi connectivity index (χ4n) is 5.42. The van der Waals surface area contributed by atoms with Crippen molar-refractivity contribution in [3.8, 4) is 11.6 Å². The van der Waals surface area contributed by atoms with Crippen LogP contribution in [-0.2, 0) is 13.1 Å². The van der Waals surface area contributed by atoms with Gasteiger partial charge in [-0.2, -0.15) is 4.98 Å². The zero-order valence-electron chi connectivity index (χ0n) is 21.2. The molecule has 3 N–H and O–H groups in total. The molecule has 4 heterocycles. The highest BCUT2D eigenvalue weighted by Crippen LogP contribution is 2.35. The van der Waals surface area contributed by atoms with Gasteiger partial charge < -0.3 is 15.2 Å².